The molecule has 24 heavy (non-hydrogen) atoms. The van der Waals surface area contributed by atoms with Gasteiger partial charge in [0.2, 0.25) is 5.91 Å². The molecule has 0 radical (unpaired) electrons. The molecule has 7 heteroatoms. The van der Waals surface area contributed by atoms with Crippen molar-refractivity contribution in [2.24, 2.45) is 0 Å². The molecule has 2 aromatic heterocycles. The molecule has 1 aromatic carbocycles. The molecule has 1 aliphatic heterocycles. The number of rotatable bonds is 3. The number of hydrogen-bond acceptors (Lipinski definition) is 5. The van der Waals surface area contributed by atoms with Gasteiger partial charge in [0.1, 0.15) is 11.7 Å². The number of benzene rings is 1. The van der Waals surface area contributed by atoms with Gasteiger partial charge < -0.3 is 5.32 Å². The van der Waals surface area contributed by atoms with Crippen molar-refractivity contribution in [3.63, 3.8) is 0 Å². The molecule has 1 aliphatic rings. The predicted molar refractivity (Wildman–Crippen MR) is 87.2 cm³/mol. The van der Waals surface area contributed by atoms with Gasteiger partial charge in [-0.15, -0.1) is 0 Å². The lowest BCUT2D eigenvalue weighted by Gasteiger charge is -2.08. The number of anilines is 1. The van der Waals surface area contributed by atoms with Crippen molar-refractivity contribution in [1.82, 2.24) is 19.7 Å². The van der Waals surface area contributed by atoms with Crippen LogP contribution in [0.4, 0.5) is 5.69 Å². The standard InChI is InChI=1S/C17H14N6O/c1-2-5-23-16-11(9-20-23)8-19-15(22-16)14-12-6-10(7-18)3-4-13(12)21-17(14)24/h3-4,6,8-9,14H,2,5H2,1H3,(H,21,24). The molecule has 1 N–H and O–H groups in total. The van der Waals surface area contributed by atoms with Crippen molar-refractivity contribution in [3.05, 3.63) is 47.5 Å². The molecule has 3 heterocycles. The molecule has 4 rings (SSSR count). The second kappa shape index (κ2) is 5.42. The molecule has 3 aromatic rings. The van der Waals surface area contributed by atoms with Gasteiger partial charge in [0, 0.05) is 18.4 Å². The first-order chi connectivity index (χ1) is 11.7. The molecule has 7 nitrogen and oxygen atoms in total. The lowest BCUT2D eigenvalue weighted by molar-refractivity contribution is -0.116. The molecule has 1 amide bonds. The number of fused-ring (bicyclic) bond motifs is 2. The third kappa shape index (κ3) is 2.12. The Labute approximate surface area is 138 Å². The number of hydrogen-bond donors (Lipinski definition) is 1. The van der Waals surface area contributed by atoms with Crippen LogP contribution in [0.3, 0.4) is 0 Å². The summed E-state index contributed by atoms with van der Waals surface area (Å²) in [5, 5.41) is 17.1. The summed E-state index contributed by atoms with van der Waals surface area (Å²) >= 11 is 0. The first-order valence-corrected chi connectivity index (χ1v) is 7.74. The second-order valence-electron chi connectivity index (χ2n) is 5.71. The van der Waals surface area contributed by atoms with Crippen LogP contribution in [-0.2, 0) is 11.3 Å². The lowest BCUT2D eigenvalue weighted by Crippen LogP contribution is -2.16. The molecule has 1 unspecified atom stereocenters. The van der Waals surface area contributed by atoms with Crippen LogP contribution in [0.1, 0.15) is 36.2 Å². The van der Waals surface area contributed by atoms with E-state index in [1.54, 1.807) is 30.6 Å². The molecular weight excluding hydrogens is 304 g/mol. The summed E-state index contributed by atoms with van der Waals surface area (Å²) in [6.45, 7) is 2.83. The minimum absolute atomic E-state index is 0.180. The zero-order valence-electron chi connectivity index (χ0n) is 13.0. The van der Waals surface area contributed by atoms with E-state index in [4.69, 9.17) is 5.26 Å². The summed E-state index contributed by atoms with van der Waals surface area (Å²) in [6, 6.07) is 7.24. The molecule has 0 saturated carbocycles. The maximum absolute atomic E-state index is 12.4. The normalized spacial score (nSPS) is 16.0. The maximum atomic E-state index is 12.4. The summed E-state index contributed by atoms with van der Waals surface area (Å²) in [5.74, 6) is -0.365. The molecule has 118 valence electrons. The smallest absolute Gasteiger partial charge is 0.239 e. The molecule has 0 fully saturated rings. The van der Waals surface area contributed by atoms with Crippen LogP contribution in [0, 0.1) is 11.3 Å². The number of nitrogens with zero attached hydrogens (tertiary/aromatic N) is 5. The summed E-state index contributed by atoms with van der Waals surface area (Å²) < 4.78 is 1.82. The number of aromatic nitrogens is 4. The number of carbonyl (C=O) groups is 1. The highest BCUT2D eigenvalue weighted by molar-refractivity contribution is 6.04. The monoisotopic (exact) mass is 318 g/mol. The minimum Gasteiger partial charge on any atom is -0.325 e. The van der Waals surface area contributed by atoms with E-state index in [0.717, 1.165) is 29.6 Å². The quantitative estimate of drug-likeness (QED) is 0.798. The number of carbonyl (C=O) groups excluding carboxylic acids is 1. The van der Waals surface area contributed by atoms with E-state index in [0.29, 0.717) is 17.1 Å². The van der Waals surface area contributed by atoms with Gasteiger partial charge in [-0.3, -0.25) is 4.79 Å². The first-order valence-electron chi connectivity index (χ1n) is 7.74. The van der Waals surface area contributed by atoms with Crippen LogP contribution in [-0.4, -0.2) is 25.7 Å². The first kappa shape index (κ1) is 14.3. The second-order valence-corrected chi connectivity index (χ2v) is 5.71. The van der Waals surface area contributed by atoms with Gasteiger partial charge in [0.25, 0.3) is 0 Å². The average Bonchev–Trinajstić information content (AvgIpc) is 3.14. The molecule has 0 aliphatic carbocycles. The number of amides is 1. The fourth-order valence-electron chi connectivity index (χ4n) is 2.98. The maximum Gasteiger partial charge on any atom is 0.239 e. The third-order valence-corrected chi connectivity index (χ3v) is 4.10. The van der Waals surface area contributed by atoms with E-state index in [1.165, 1.54) is 0 Å². The fraction of sp³-hybridized carbons (Fsp3) is 0.235. The lowest BCUT2D eigenvalue weighted by atomic mass is 9.98. The number of aryl methyl sites for hydroxylation is 1. The average molecular weight is 318 g/mol. The van der Waals surface area contributed by atoms with Crippen molar-refractivity contribution in [2.45, 2.75) is 25.8 Å². The Kier molecular flexibility index (Phi) is 3.24. The summed E-state index contributed by atoms with van der Waals surface area (Å²) in [6.07, 6.45) is 4.36. The summed E-state index contributed by atoms with van der Waals surface area (Å²) in [7, 11) is 0. The van der Waals surface area contributed by atoms with Crippen molar-refractivity contribution in [2.75, 3.05) is 5.32 Å². The van der Waals surface area contributed by atoms with Crippen LogP contribution in [0.25, 0.3) is 11.0 Å². The predicted octanol–water partition coefficient (Wildman–Crippen LogP) is 2.19. The van der Waals surface area contributed by atoms with E-state index >= 15 is 0 Å². The Balaban J connectivity index is 1.85. The van der Waals surface area contributed by atoms with Crippen LogP contribution < -0.4 is 5.32 Å². The van der Waals surface area contributed by atoms with Gasteiger partial charge in [-0.1, -0.05) is 6.92 Å². The van der Waals surface area contributed by atoms with Crippen LogP contribution in [0.15, 0.2) is 30.6 Å². The number of nitrogens with one attached hydrogen (secondary N) is 1. The van der Waals surface area contributed by atoms with Gasteiger partial charge >= 0.3 is 0 Å². The van der Waals surface area contributed by atoms with Gasteiger partial charge in [-0.25, -0.2) is 14.6 Å². The summed E-state index contributed by atoms with van der Waals surface area (Å²) in [5.41, 5.74) is 2.67. The third-order valence-electron chi connectivity index (χ3n) is 4.10. The Morgan fingerprint density at radius 3 is 3.04 bits per heavy atom. The van der Waals surface area contributed by atoms with Gasteiger partial charge in [-0.05, 0) is 30.2 Å². The highest BCUT2D eigenvalue weighted by Crippen LogP contribution is 2.36. The Morgan fingerprint density at radius 2 is 2.25 bits per heavy atom. The number of nitriles is 1. The van der Waals surface area contributed by atoms with Crippen LogP contribution >= 0.6 is 0 Å². The Bertz CT molecular complexity index is 1000. The highest BCUT2D eigenvalue weighted by atomic mass is 16.2. The van der Waals surface area contributed by atoms with E-state index in [9.17, 15) is 4.79 Å². The van der Waals surface area contributed by atoms with E-state index in [-0.39, 0.29) is 5.91 Å². The Hall–Kier alpha value is -3.27. The zero-order valence-corrected chi connectivity index (χ0v) is 13.0. The zero-order chi connectivity index (χ0) is 16.7. The minimum atomic E-state index is -0.609. The highest BCUT2D eigenvalue weighted by Gasteiger charge is 2.34. The molecule has 0 bridgehead atoms. The fourth-order valence-corrected chi connectivity index (χ4v) is 2.98. The molecule has 1 atom stereocenters. The van der Waals surface area contributed by atoms with Crippen molar-refractivity contribution in [1.29, 1.82) is 5.26 Å². The largest absolute Gasteiger partial charge is 0.325 e. The van der Waals surface area contributed by atoms with Gasteiger partial charge in [0.15, 0.2) is 5.65 Å². The molecular formula is C17H14N6O. The van der Waals surface area contributed by atoms with Crippen molar-refractivity contribution in [3.8, 4) is 6.07 Å². The van der Waals surface area contributed by atoms with E-state index < -0.39 is 5.92 Å². The SMILES string of the molecule is CCCn1ncc2cnc(C3C(=O)Nc4ccc(C#N)cc43)nc21. The molecule has 0 spiro atoms. The van der Waals surface area contributed by atoms with Gasteiger partial charge in [0.05, 0.1) is 23.2 Å². The summed E-state index contributed by atoms with van der Waals surface area (Å²) in [4.78, 5) is 21.4. The van der Waals surface area contributed by atoms with Crippen LogP contribution in [0.2, 0.25) is 0 Å². The molecule has 0 saturated heterocycles. The van der Waals surface area contributed by atoms with Crippen molar-refractivity contribution >= 4 is 22.6 Å². The van der Waals surface area contributed by atoms with Crippen molar-refractivity contribution < 1.29 is 4.79 Å². The van der Waals surface area contributed by atoms with E-state index in [1.807, 2.05) is 4.68 Å². The Morgan fingerprint density at radius 1 is 1.38 bits per heavy atom. The van der Waals surface area contributed by atoms with Crippen LogP contribution in [0.5, 0.6) is 0 Å². The van der Waals surface area contributed by atoms with E-state index in [2.05, 4.69) is 33.4 Å². The van der Waals surface area contributed by atoms with Gasteiger partial charge in [-0.2, -0.15) is 10.4 Å². The topological polar surface area (TPSA) is 96.5 Å².